The molecule has 0 radical (unpaired) electrons. The summed E-state index contributed by atoms with van der Waals surface area (Å²) in [4.78, 5) is 12.8. The van der Waals surface area contributed by atoms with Crippen molar-refractivity contribution < 1.29 is 28.5 Å². The Morgan fingerprint density at radius 2 is 1.79 bits per heavy atom. The van der Waals surface area contributed by atoms with Crippen LogP contribution in [0.15, 0.2) is 30.3 Å². The van der Waals surface area contributed by atoms with Crippen LogP contribution in [0.3, 0.4) is 0 Å². The van der Waals surface area contributed by atoms with Gasteiger partial charge in [0.2, 0.25) is 0 Å². The zero-order valence-corrected chi connectivity index (χ0v) is 17.2. The Labute approximate surface area is 171 Å². The highest BCUT2D eigenvalue weighted by Crippen LogP contribution is 2.48. The van der Waals surface area contributed by atoms with Crippen LogP contribution in [0.4, 0.5) is 0 Å². The molecule has 5 rings (SSSR count). The molecule has 5 atom stereocenters. The van der Waals surface area contributed by atoms with Gasteiger partial charge in [-0.25, -0.2) is 4.79 Å². The maximum absolute atomic E-state index is 12.8. The van der Waals surface area contributed by atoms with Crippen LogP contribution >= 0.6 is 0 Å². The molecule has 0 bridgehead atoms. The molecule has 1 aromatic carbocycles. The maximum atomic E-state index is 12.8. The van der Waals surface area contributed by atoms with Crippen molar-refractivity contribution in [3.8, 4) is 0 Å². The van der Waals surface area contributed by atoms with Gasteiger partial charge in [-0.15, -0.1) is 0 Å². The minimum atomic E-state index is -0.681. The molecule has 2 heterocycles. The molecule has 1 aromatic rings. The van der Waals surface area contributed by atoms with Crippen molar-refractivity contribution in [2.45, 2.75) is 88.4 Å². The van der Waals surface area contributed by atoms with E-state index in [0.717, 1.165) is 12.8 Å². The van der Waals surface area contributed by atoms with E-state index < -0.39 is 11.9 Å². The smallest absolute Gasteiger partial charge is 0.338 e. The van der Waals surface area contributed by atoms with Gasteiger partial charge in [-0.2, -0.15) is 0 Å². The molecule has 2 aliphatic heterocycles. The van der Waals surface area contributed by atoms with Crippen LogP contribution in [0, 0.1) is 5.92 Å². The van der Waals surface area contributed by atoms with E-state index in [1.165, 1.54) is 19.3 Å². The molecule has 6 nitrogen and oxygen atoms in total. The fourth-order valence-electron chi connectivity index (χ4n) is 5.37. The van der Waals surface area contributed by atoms with E-state index >= 15 is 0 Å². The molecule has 29 heavy (non-hydrogen) atoms. The van der Waals surface area contributed by atoms with Gasteiger partial charge in [0.1, 0.15) is 12.2 Å². The molecule has 2 saturated heterocycles. The Morgan fingerprint density at radius 3 is 2.55 bits per heavy atom. The van der Waals surface area contributed by atoms with E-state index in [2.05, 4.69) is 0 Å². The molecule has 1 spiro atoms. The standard InChI is InChI=1S/C23H30O6/c1-22(2)27-17-13-16(21-25-14-23(29-21)11-7-4-8-12-23)18(19(17)28-22)26-20(24)15-9-5-3-6-10-15/h3,5-6,9-10,16-19,21H,4,7-8,11-14H2,1-2H3/t16-,17+,18+,19+,21-/m0/s1. The number of benzene rings is 1. The number of carbonyl (C=O) groups is 1. The number of rotatable bonds is 3. The molecule has 158 valence electrons. The second-order valence-electron chi connectivity index (χ2n) is 9.32. The first kappa shape index (κ1) is 19.5. The van der Waals surface area contributed by atoms with E-state index in [9.17, 15) is 4.79 Å². The summed E-state index contributed by atoms with van der Waals surface area (Å²) in [5.41, 5.74) is 0.361. The highest BCUT2D eigenvalue weighted by molar-refractivity contribution is 5.89. The van der Waals surface area contributed by atoms with Gasteiger partial charge >= 0.3 is 5.97 Å². The zero-order valence-electron chi connectivity index (χ0n) is 17.2. The van der Waals surface area contributed by atoms with Gasteiger partial charge in [-0.05, 0) is 45.2 Å². The molecule has 0 N–H and O–H groups in total. The second-order valence-corrected chi connectivity index (χ2v) is 9.32. The summed E-state index contributed by atoms with van der Waals surface area (Å²) in [5.74, 6) is -1.13. The summed E-state index contributed by atoms with van der Waals surface area (Å²) >= 11 is 0. The summed E-state index contributed by atoms with van der Waals surface area (Å²) in [7, 11) is 0. The van der Waals surface area contributed by atoms with Gasteiger partial charge in [0, 0.05) is 0 Å². The third kappa shape index (κ3) is 3.72. The van der Waals surface area contributed by atoms with E-state index in [1.807, 2.05) is 32.0 Å². The van der Waals surface area contributed by atoms with Gasteiger partial charge in [0.05, 0.1) is 29.8 Å². The average molecular weight is 402 g/mol. The molecule has 2 saturated carbocycles. The Balaban J connectivity index is 1.35. The maximum Gasteiger partial charge on any atom is 0.338 e. The van der Waals surface area contributed by atoms with Crippen LogP contribution in [0.25, 0.3) is 0 Å². The largest absolute Gasteiger partial charge is 0.455 e. The topological polar surface area (TPSA) is 63.2 Å². The number of carbonyl (C=O) groups excluding carboxylic acids is 1. The normalized spacial score (nSPS) is 37.5. The highest BCUT2D eigenvalue weighted by Gasteiger charge is 2.59. The molecule has 0 aromatic heterocycles. The van der Waals surface area contributed by atoms with Crippen molar-refractivity contribution in [1.29, 1.82) is 0 Å². The minimum Gasteiger partial charge on any atom is -0.455 e. The third-order valence-corrected chi connectivity index (χ3v) is 6.72. The first-order valence-corrected chi connectivity index (χ1v) is 10.9. The molecular weight excluding hydrogens is 372 g/mol. The Bertz CT molecular complexity index is 741. The lowest BCUT2D eigenvalue weighted by Gasteiger charge is -2.33. The summed E-state index contributed by atoms with van der Waals surface area (Å²) in [6, 6.07) is 9.07. The summed E-state index contributed by atoms with van der Waals surface area (Å²) in [5, 5.41) is 0. The fraction of sp³-hybridized carbons (Fsp3) is 0.696. The van der Waals surface area contributed by atoms with E-state index in [-0.39, 0.29) is 36.0 Å². The molecule has 4 fully saturated rings. The molecule has 4 aliphatic rings. The number of hydrogen-bond donors (Lipinski definition) is 0. The highest BCUT2D eigenvalue weighted by atomic mass is 16.8. The molecule has 0 amide bonds. The van der Waals surface area contributed by atoms with E-state index in [0.29, 0.717) is 18.6 Å². The number of esters is 1. The van der Waals surface area contributed by atoms with Gasteiger partial charge in [-0.3, -0.25) is 0 Å². The van der Waals surface area contributed by atoms with E-state index in [4.69, 9.17) is 23.7 Å². The lowest BCUT2D eigenvalue weighted by Crippen LogP contribution is -2.41. The average Bonchev–Trinajstić information content (AvgIpc) is 3.34. The zero-order chi connectivity index (χ0) is 20.1. The van der Waals surface area contributed by atoms with Crippen molar-refractivity contribution in [1.82, 2.24) is 0 Å². The Hall–Kier alpha value is -1.47. The number of fused-ring (bicyclic) bond motifs is 1. The first-order valence-electron chi connectivity index (χ1n) is 10.9. The molecule has 0 unspecified atom stereocenters. The van der Waals surface area contributed by atoms with Crippen LogP contribution in [0.1, 0.15) is 62.7 Å². The fourth-order valence-corrected chi connectivity index (χ4v) is 5.37. The van der Waals surface area contributed by atoms with Crippen LogP contribution in [0.2, 0.25) is 0 Å². The number of ether oxygens (including phenoxy) is 5. The predicted octanol–water partition coefficient (Wildman–Crippen LogP) is 3.83. The van der Waals surface area contributed by atoms with Crippen molar-refractivity contribution in [2.24, 2.45) is 5.92 Å². The lowest BCUT2D eigenvalue weighted by atomic mass is 9.85. The first-order chi connectivity index (χ1) is 13.9. The molecule has 2 aliphatic carbocycles. The Kier molecular flexibility index (Phi) is 4.93. The minimum absolute atomic E-state index is 0.102. The molecule has 6 heteroatoms. The van der Waals surface area contributed by atoms with Crippen LogP contribution in [-0.2, 0) is 23.7 Å². The van der Waals surface area contributed by atoms with Crippen molar-refractivity contribution in [2.75, 3.05) is 6.61 Å². The van der Waals surface area contributed by atoms with Crippen molar-refractivity contribution in [3.63, 3.8) is 0 Å². The second kappa shape index (κ2) is 7.34. The predicted molar refractivity (Wildman–Crippen MR) is 104 cm³/mol. The monoisotopic (exact) mass is 402 g/mol. The lowest BCUT2D eigenvalue weighted by molar-refractivity contribution is -0.194. The summed E-state index contributed by atoms with van der Waals surface area (Å²) in [6.45, 7) is 4.42. The molecular formula is C23H30O6. The van der Waals surface area contributed by atoms with Gasteiger partial charge in [0.15, 0.2) is 12.1 Å². The van der Waals surface area contributed by atoms with Crippen molar-refractivity contribution in [3.05, 3.63) is 35.9 Å². The van der Waals surface area contributed by atoms with Crippen LogP contribution in [0.5, 0.6) is 0 Å². The summed E-state index contributed by atoms with van der Waals surface area (Å²) < 4.78 is 30.9. The number of hydrogen-bond acceptors (Lipinski definition) is 6. The van der Waals surface area contributed by atoms with Gasteiger partial charge in [-0.1, -0.05) is 37.5 Å². The Morgan fingerprint density at radius 1 is 1.03 bits per heavy atom. The van der Waals surface area contributed by atoms with E-state index in [1.54, 1.807) is 12.1 Å². The quantitative estimate of drug-likeness (QED) is 0.716. The van der Waals surface area contributed by atoms with Crippen LogP contribution in [-0.4, -0.2) is 48.6 Å². The SMILES string of the molecule is CC1(C)O[C@H]2[C@H](OC(=O)c3ccccc3)[C@@H]([C@H]3OCC4(CCCCC4)O3)C[C@H]2O1. The van der Waals surface area contributed by atoms with Crippen molar-refractivity contribution >= 4 is 5.97 Å². The third-order valence-electron chi connectivity index (χ3n) is 6.72. The van der Waals surface area contributed by atoms with Gasteiger partial charge < -0.3 is 23.7 Å². The van der Waals surface area contributed by atoms with Crippen LogP contribution < -0.4 is 0 Å². The summed E-state index contributed by atoms with van der Waals surface area (Å²) in [6.07, 6.45) is 5.11. The van der Waals surface area contributed by atoms with Gasteiger partial charge in [0.25, 0.3) is 0 Å².